The number of amides is 2. The van der Waals surface area contributed by atoms with Crippen LogP contribution in [0.5, 0.6) is 0 Å². The summed E-state index contributed by atoms with van der Waals surface area (Å²) in [5, 5.41) is 10.3. The molecular weight excluding hydrogens is 460 g/mol. The summed E-state index contributed by atoms with van der Waals surface area (Å²) in [6.07, 6.45) is 1.57. The first kappa shape index (κ1) is 19.3. The lowest BCUT2D eigenvalue weighted by Gasteiger charge is -3.08. The van der Waals surface area contributed by atoms with Crippen molar-refractivity contribution in [2.75, 3.05) is 6.54 Å². The van der Waals surface area contributed by atoms with Gasteiger partial charge in [0.25, 0.3) is 11.8 Å². The van der Waals surface area contributed by atoms with Crippen LogP contribution in [0.1, 0.15) is 26.5 Å². The van der Waals surface area contributed by atoms with Gasteiger partial charge in [0, 0.05) is 32.3 Å². The van der Waals surface area contributed by atoms with E-state index in [9.17, 15) is 14.4 Å². The molecule has 6 aliphatic carbocycles. The molecule has 0 unspecified atom stereocenters. The number of hydrogen-bond acceptors (Lipinski definition) is 6. The molecule has 36 heavy (non-hydrogen) atoms. The lowest BCUT2D eigenvalue weighted by molar-refractivity contribution is -0.612. The highest BCUT2D eigenvalue weighted by molar-refractivity contribution is 5.98. The number of aryl methyl sites for hydroxylation is 1. The molecule has 0 atom stereocenters. The molecule has 10 rings (SSSR count). The number of oxazole rings is 1. The Bertz CT molecular complexity index is 1700. The number of nitrogens with one attached hydrogen (secondary N) is 2. The summed E-state index contributed by atoms with van der Waals surface area (Å²) in [7, 11) is 1.64. The molecule has 0 saturated heterocycles. The van der Waals surface area contributed by atoms with Crippen molar-refractivity contribution >= 4 is 28.6 Å². The van der Waals surface area contributed by atoms with Gasteiger partial charge in [-0.3, -0.25) is 14.2 Å². The smallest absolute Gasteiger partial charge is 0.408 e. The number of aromatic nitrogens is 4. The molecule has 2 amide bonds. The van der Waals surface area contributed by atoms with E-state index in [-0.39, 0.29) is 18.1 Å². The Morgan fingerprint density at radius 1 is 1.03 bits per heavy atom. The Kier molecular flexibility index (Phi) is 3.15. The van der Waals surface area contributed by atoms with Gasteiger partial charge in [-0.1, -0.05) is 6.07 Å². The van der Waals surface area contributed by atoms with Crippen LogP contribution in [0.2, 0.25) is 0 Å². The van der Waals surface area contributed by atoms with Gasteiger partial charge in [0.15, 0.2) is 11.2 Å². The first-order valence-corrected chi connectivity index (χ1v) is 12.5. The number of benzene rings is 1. The molecule has 1 aromatic carbocycles. The summed E-state index contributed by atoms with van der Waals surface area (Å²) in [4.78, 5) is 42.4. The van der Waals surface area contributed by atoms with Crippen LogP contribution in [0.4, 0.5) is 0 Å². The Hall–Kier alpha value is -3.95. The van der Waals surface area contributed by atoms with E-state index in [4.69, 9.17) is 4.42 Å². The summed E-state index contributed by atoms with van der Waals surface area (Å²) in [6.45, 7) is 0.965. The maximum Gasteiger partial charge on any atom is 0.419 e. The summed E-state index contributed by atoms with van der Waals surface area (Å²) in [5.41, 5.74) is 3.24. The Labute approximate surface area is 203 Å². The maximum absolute atomic E-state index is 13.2. The summed E-state index contributed by atoms with van der Waals surface area (Å²) >= 11 is 0. The zero-order valence-electron chi connectivity index (χ0n) is 19.3. The molecule has 10 heteroatoms. The fourth-order valence-electron chi connectivity index (χ4n) is 9.09. The van der Waals surface area contributed by atoms with Gasteiger partial charge in [-0.25, -0.2) is 14.3 Å². The van der Waals surface area contributed by atoms with Gasteiger partial charge < -0.3 is 15.1 Å². The normalized spacial score (nSPS) is 35.2. The Balaban J connectivity index is 0.944. The van der Waals surface area contributed by atoms with Gasteiger partial charge >= 0.3 is 5.76 Å². The molecular formula is C26H22N6O4. The van der Waals surface area contributed by atoms with E-state index < -0.39 is 11.7 Å². The van der Waals surface area contributed by atoms with Crippen molar-refractivity contribution in [2.45, 2.75) is 6.54 Å². The molecule has 4 aromatic rings. The van der Waals surface area contributed by atoms with Crippen molar-refractivity contribution in [3.63, 3.8) is 0 Å². The molecule has 6 saturated carbocycles. The largest absolute Gasteiger partial charge is 0.419 e. The molecule has 6 aliphatic rings. The summed E-state index contributed by atoms with van der Waals surface area (Å²) in [5.74, 6) is 5.46. The second kappa shape index (κ2) is 5.88. The minimum atomic E-state index is -0.435. The molecule has 3 aromatic heterocycles. The van der Waals surface area contributed by atoms with Gasteiger partial charge in [0.2, 0.25) is 0 Å². The molecule has 10 nitrogen and oxygen atoms in total. The fourth-order valence-corrected chi connectivity index (χ4v) is 9.09. The fraction of sp³-hybridized carbons (Fsp3) is 0.423. The van der Waals surface area contributed by atoms with Crippen molar-refractivity contribution in [3.05, 3.63) is 64.0 Å². The number of carbonyl (C=O) groups is 2. The van der Waals surface area contributed by atoms with Crippen molar-refractivity contribution in [1.29, 1.82) is 0 Å². The molecule has 180 valence electrons. The minimum absolute atomic E-state index is 0.154. The van der Waals surface area contributed by atoms with Crippen molar-refractivity contribution in [1.82, 2.24) is 29.8 Å². The number of fused-ring (bicyclic) bond motifs is 2. The van der Waals surface area contributed by atoms with E-state index >= 15 is 0 Å². The van der Waals surface area contributed by atoms with Crippen LogP contribution in [-0.2, 0) is 13.6 Å². The van der Waals surface area contributed by atoms with Crippen LogP contribution in [0.3, 0.4) is 0 Å². The van der Waals surface area contributed by atoms with Crippen molar-refractivity contribution in [2.24, 2.45) is 53.9 Å². The van der Waals surface area contributed by atoms with E-state index in [2.05, 4.69) is 20.7 Å². The minimum Gasteiger partial charge on any atom is -0.408 e. The number of nitrogens with zero attached hydrogens (tertiary/aromatic N) is 4. The SMILES string of the molecule is Cn1c(=O)oc2ccc(CNC(=O)c3cc(C(=O)NCC45C6C7C8C6C4C8C75)n4nccc4n3)cc21. The first-order chi connectivity index (χ1) is 17.5. The van der Waals surface area contributed by atoms with Crippen molar-refractivity contribution in [3.8, 4) is 0 Å². The average Bonchev–Trinajstić information content (AvgIpc) is 3.49. The maximum atomic E-state index is 13.2. The van der Waals surface area contributed by atoms with E-state index in [0.29, 0.717) is 27.9 Å². The van der Waals surface area contributed by atoms with Gasteiger partial charge in [-0.2, -0.15) is 5.10 Å². The third kappa shape index (κ3) is 1.88. The highest BCUT2D eigenvalue weighted by atomic mass is 16.4. The Morgan fingerprint density at radius 3 is 2.58 bits per heavy atom. The van der Waals surface area contributed by atoms with Crippen LogP contribution in [0.15, 0.2) is 45.7 Å². The molecule has 0 spiro atoms. The average molecular weight is 483 g/mol. The van der Waals surface area contributed by atoms with Gasteiger partial charge in [0.1, 0.15) is 11.4 Å². The van der Waals surface area contributed by atoms with E-state index in [1.165, 1.54) is 15.1 Å². The molecule has 2 N–H and O–H groups in total. The van der Waals surface area contributed by atoms with Crippen LogP contribution in [0.25, 0.3) is 16.7 Å². The lowest BCUT2D eigenvalue weighted by Crippen LogP contribution is -3.06. The molecule has 0 aliphatic heterocycles. The molecule has 0 radical (unpaired) electrons. The lowest BCUT2D eigenvalue weighted by atomic mass is 8.96. The monoisotopic (exact) mass is 482 g/mol. The quantitative estimate of drug-likeness (QED) is 0.426. The van der Waals surface area contributed by atoms with Gasteiger partial charge in [-0.15, -0.1) is 0 Å². The van der Waals surface area contributed by atoms with E-state index in [1.807, 2.05) is 0 Å². The van der Waals surface area contributed by atoms with Crippen LogP contribution in [-0.4, -0.2) is 37.5 Å². The second-order valence-corrected chi connectivity index (χ2v) is 11.2. The van der Waals surface area contributed by atoms with E-state index in [1.54, 1.807) is 37.5 Å². The third-order valence-electron chi connectivity index (χ3n) is 10.4. The molecule has 3 heterocycles. The zero-order chi connectivity index (χ0) is 24.1. The number of rotatable bonds is 6. The molecule has 6 fully saturated rings. The molecule has 0 bridgehead atoms. The second-order valence-electron chi connectivity index (χ2n) is 11.2. The van der Waals surface area contributed by atoms with Crippen LogP contribution >= 0.6 is 0 Å². The van der Waals surface area contributed by atoms with Gasteiger partial charge in [-0.05, 0) is 64.5 Å². The highest BCUT2D eigenvalue weighted by Gasteiger charge is 3.03. The van der Waals surface area contributed by atoms with Gasteiger partial charge in [0.05, 0.1) is 11.7 Å². The predicted molar refractivity (Wildman–Crippen MR) is 125 cm³/mol. The van der Waals surface area contributed by atoms with Crippen LogP contribution < -0.4 is 16.4 Å². The number of hydrogen-bond donors (Lipinski definition) is 2. The summed E-state index contributed by atoms with van der Waals surface area (Å²) in [6, 6.07) is 8.49. The topological polar surface area (TPSA) is 124 Å². The zero-order valence-corrected chi connectivity index (χ0v) is 19.3. The highest BCUT2D eigenvalue weighted by Crippen LogP contribution is 3.05. The predicted octanol–water partition coefficient (Wildman–Crippen LogP) is 1.20. The Morgan fingerprint density at radius 2 is 1.81 bits per heavy atom. The standard InChI is InChI=1S/C26H22N6O4/c1-31-12-6-10(2-3-14(12)36-25(31)35)8-27-23(33)11-7-13(32-15(30-11)4-5-29-32)24(34)28-9-26-20-17-16-18(20)22(26)19(16)21(17)26/h2-7,16-22H,8-9H2,1H3,(H,27,33)(H,28,34). The third-order valence-corrected chi connectivity index (χ3v) is 10.4. The summed E-state index contributed by atoms with van der Waals surface area (Å²) < 4.78 is 8.06. The van der Waals surface area contributed by atoms with E-state index in [0.717, 1.165) is 53.5 Å². The number of carbonyl (C=O) groups excluding carboxylic acids is 2. The van der Waals surface area contributed by atoms with Crippen molar-refractivity contribution < 1.29 is 14.0 Å². The first-order valence-electron chi connectivity index (χ1n) is 12.5. The van der Waals surface area contributed by atoms with Crippen LogP contribution in [0, 0.1) is 46.8 Å².